The van der Waals surface area contributed by atoms with E-state index in [1.54, 1.807) is 7.11 Å². The fourth-order valence-corrected chi connectivity index (χ4v) is 3.47. The summed E-state index contributed by atoms with van der Waals surface area (Å²) >= 11 is 0. The van der Waals surface area contributed by atoms with Gasteiger partial charge in [-0.15, -0.1) is 0 Å². The number of likely N-dealkylation sites (N-methyl/N-ethyl adjacent to an activating group) is 1. The lowest BCUT2D eigenvalue weighted by atomic mass is 9.88. The van der Waals surface area contributed by atoms with Crippen molar-refractivity contribution in [1.29, 1.82) is 0 Å². The number of methoxy groups -OCH3 is 1. The van der Waals surface area contributed by atoms with Crippen LogP contribution in [0.15, 0.2) is 36.4 Å². The van der Waals surface area contributed by atoms with Crippen LogP contribution in [0.2, 0.25) is 0 Å². The first-order valence-corrected chi connectivity index (χ1v) is 8.00. The van der Waals surface area contributed by atoms with Crippen molar-refractivity contribution in [3.63, 3.8) is 0 Å². The summed E-state index contributed by atoms with van der Waals surface area (Å²) in [5.74, 6) is 2.66. The lowest BCUT2D eigenvalue weighted by Gasteiger charge is -2.35. The number of hydrogen-bond acceptors (Lipinski definition) is 4. The van der Waals surface area contributed by atoms with Gasteiger partial charge in [-0.1, -0.05) is 12.1 Å². The van der Waals surface area contributed by atoms with Gasteiger partial charge in [0.1, 0.15) is 5.75 Å². The zero-order chi connectivity index (χ0) is 15.8. The van der Waals surface area contributed by atoms with E-state index < -0.39 is 0 Å². The number of fused-ring (bicyclic) bond motifs is 2. The third-order valence-electron chi connectivity index (χ3n) is 4.85. The van der Waals surface area contributed by atoms with E-state index >= 15 is 0 Å². The molecule has 4 heteroatoms. The molecule has 2 aromatic rings. The third-order valence-corrected chi connectivity index (χ3v) is 4.85. The Morgan fingerprint density at radius 3 is 2.61 bits per heavy atom. The van der Waals surface area contributed by atoms with Crippen molar-refractivity contribution in [2.45, 2.75) is 18.9 Å². The molecule has 0 aliphatic carbocycles. The maximum Gasteiger partial charge on any atom is 0.231 e. The smallest absolute Gasteiger partial charge is 0.231 e. The van der Waals surface area contributed by atoms with Gasteiger partial charge in [0.2, 0.25) is 6.79 Å². The summed E-state index contributed by atoms with van der Waals surface area (Å²) in [4.78, 5) is 2.43. The molecule has 2 aliphatic rings. The summed E-state index contributed by atoms with van der Waals surface area (Å²) in [5.41, 5.74) is 4.05. The molecule has 2 heterocycles. The molecule has 0 radical (unpaired) electrons. The number of rotatable bonds is 3. The van der Waals surface area contributed by atoms with Crippen molar-refractivity contribution in [3.05, 3.63) is 53.1 Å². The van der Waals surface area contributed by atoms with Crippen LogP contribution < -0.4 is 14.2 Å². The standard InChI is InChI=1S/C19H21NO3/c1-20-8-7-14-10-18-19(23-12-22-18)11-16(14)17(20)9-13-3-5-15(21-2)6-4-13/h3-6,10-11,17H,7-9,12H2,1-2H3. The van der Waals surface area contributed by atoms with Crippen molar-refractivity contribution in [3.8, 4) is 17.2 Å². The molecule has 1 unspecified atom stereocenters. The molecule has 120 valence electrons. The first-order valence-electron chi connectivity index (χ1n) is 8.00. The van der Waals surface area contributed by atoms with E-state index in [1.165, 1.54) is 16.7 Å². The number of benzene rings is 2. The fraction of sp³-hybridized carbons (Fsp3) is 0.368. The minimum atomic E-state index is 0.331. The van der Waals surface area contributed by atoms with Gasteiger partial charge < -0.3 is 14.2 Å². The second-order valence-electron chi connectivity index (χ2n) is 6.20. The maximum atomic E-state index is 5.57. The van der Waals surface area contributed by atoms with Gasteiger partial charge >= 0.3 is 0 Å². The Kier molecular flexibility index (Phi) is 3.62. The fourth-order valence-electron chi connectivity index (χ4n) is 3.47. The summed E-state index contributed by atoms with van der Waals surface area (Å²) in [6, 6.07) is 13.0. The highest BCUT2D eigenvalue weighted by Gasteiger charge is 2.28. The molecular weight excluding hydrogens is 290 g/mol. The van der Waals surface area contributed by atoms with Crippen LogP contribution in [0, 0.1) is 0 Å². The van der Waals surface area contributed by atoms with E-state index in [-0.39, 0.29) is 0 Å². The summed E-state index contributed by atoms with van der Waals surface area (Å²) in [5, 5.41) is 0. The zero-order valence-electron chi connectivity index (χ0n) is 13.5. The van der Waals surface area contributed by atoms with Gasteiger partial charge in [-0.2, -0.15) is 0 Å². The molecule has 1 atom stereocenters. The third kappa shape index (κ3) is 2.63. The van der Waals surface area contributed by atoms with E-state index in [4.69, 9.17) is 14.2 Å². The Morgan fingerprint density at radius 2 is 1.87 bits per heavy atom. The minimum Gasteiger partial charge on any atom is -0.497 e. The molecule has 0 spiro atoms. The SMILES string of the molecule is COc1ccc(CC2c3cc4c(cc3CCN2C)OCO4)cc1. The van der Waals surface area contributed by atoms with Crippen molar-refractivity contribution < 1.29 is 14.2 Å². The summed E-state index contributed by atoms with van der Waals surface area (Å²) in [6.07, 6.45) is 2.04. The zero-order valence-corrected chi connectivity index (χ0v) is 13.5. The van der Waals surface area contributed by atoms with E-state index in [0.29, 0.717) is 12.8 Å². The quantitative estimate of drug-likeness (QED) is 0.871. The molecule has 0 saturated carbocycles. The maximum absolute atomic E-state index is 5.57. The Balaban J connectivity index is 1.65. The predicted octanol–water partition coefficient (Wildman–Crippen LogP) is 3.20. The first-order chi connectivity index (χ1) is 11.2. The van der Waals surface area contributed by atoms with E-state index in [2.05, 4.69) is 36.2 Å². The highest BCUT2D eigenvalue weighted by Crippen LogP contribution is 2.41. The van der Waals surface area contributed by atoms with Gasteiger partial charge in [-0.3, -0.25) is 4.90 Å². The Labute approximate surface area is 136 Å². The topological polar surface area (TPSA) is 30.9 Å². The molecule has 0 aromatic heterocycles. The Bertz CT molecular complexity index is 711. The monoisotopic (exact) mass is 311 g/mol. The highest BCUT2D eigenvalue weighted by molar-refractivity contribution is 5.51. The molecule has 4 nitrogen and oxygen atoms in total. The summed E-state index contributed by atoms with van der Waals surface area (Å²) in [6.45, 7) is 1.39. The van der Waals surface area contributed by atoms with Gasteiger partial charge in [0.25, 0.3) is 0 Å². The van der Waals surface area contributed by atoms with Crippen LogP contribution in [0.3, 0.4) is 0 Å². The van der Waals surface area contributed by atoms with Crippen LogP contribution in [-0.4, -0.2) is 32.4 Å². The average Bonchev–Trinajstić information content (AvgIpc) is 3.04. The molecule has 2 aromatic carbocycles. The first kappa shape index (κ1) is 14.4. The molecule has 4 rings (SSSR count). The number of ether oxygens (including phenoxy) is 3. The van der Waals surface area contributed by atoms with Crippen molar-refractivity contribution in [1.82, 2.24) is 4.90 Å². The molecule has 2 aliphatic heterocycles. The van der Waals surface area contributed by atoms with E-state index in [9.17, 15) is 0 Å². The molecule has 0 bridgehead atoms. The van der Waals surface area contributed by atoms with E-state index in [1.807, 2.05) is 12.1 Å². The predicted molar refractivity (Wildman–Crippen MR) is 88.3 cm³/mol. The minimum absolute atomic E-state index is 0.331. The molecule has 0 fully saturated rings. The highest BCUT2D eigenvalue weighted by atomic mass is 16.7. The van der Waals surface area contributed by atoms with Crippen molar-refractivity contribution >= 4 is 0 Å². The molecule has 0 N–H and O–H groups in total. The van der Waals surface area contributed by atoms with Gasteiger partial charge in [-0.05, 0) is 60.8 Å². The van der Waals surface area contributed by atoms with E-state index in [0.717, 1.165) is 36.6 Å². The Hall–Kier alpha value is -2.20. The van der Waals surface area contributed by atoms with Crippen LogP contribution in [0.25, 0.3) is 0 Å². The van der Waals surface area contributed by atoms with Crippen molar-refractivity contribution in [2.75, 3.05) is 27.5 Å². The Morgan fingerprint density at radius 1 is 1.13 bits per heavy atom. The molecule has 0 saturated heterocycles. The van der Waals surface area contributed by atoms with Gasteiger partial charge in [0.15, 0.2) is 11.5 Å². The van der Waals surface area contributed by atoms with Crippen LogP contribution in [0.4, 0.5) is 0 Å². The number of hydrogen-bond donors (Lipinski definition) is 0. The van der Waals surface area contributed by atoms with Crippen LogP contribution in [0.5, 0.6) is 17.2 Å². The van der Waals surface area contributed by atoms with Gasteiger partial charge in [0.05, 0.1) is 7.11 Å². The van der Waals surface area contributed by atoms with Gasteiger partial charge in [-0.25, -0.2) is 0 Å². The second kappa shape index (κ2) is 5.78. The normalized spacial score (nSPS) is 19.5. The largest absolute Gasteiger partial charge is 0.497 e. The summed E-state index contributed by atoms with van der Waals surface area (Å²) in [7, 11) is 3.89. The average molecular weight is 311 g/mol. The van der Waals surface area contributed by atoms with Crippen LogP contribution in [-0.2, 0) is 12.8 Å². The molecule has 23 heavy (non-hydrogen) atoms. The van der Waals surface area contributed by atoms with Crippen LogP contribution >= 0.6 is 0 Å². The summed E-state index contributed by atoms with van der Waals surface area (Å²) < 4.78 is 16.3. The number of nitrogens with zero attached hydrogens (tertiary/aromatic N) is 1. The lowest BCUT2D eigenvalue weighted by Crippen LogP contribution is -2.33. The second-order valence-corrected chi connectivity index (χ2v) is 6.20. The lowest BCUT2D eigenvalue weighted by molar-refractivity contribution is 0.174. The van der Waals surface area contributed by atoms with Crippen molar-refractivity contribution in [2.24, 2.45) is 0 Å². The van der Waals surface area contributed by atoms with Crippen LogP contribution in [0.1, 0.15) is 22.7 Å². The molecular formula is C19H21NO3. The van der Waals surface area contributed by atoms with Gasteiger partial charge in [0, 0.05) is 12.6 Å². The molecule has 0 amide bonds.